The van der Waals surface area contributed by atoms with Crippen molar-refractivity contribution in [2.75, 3.05) is 45.2 Å². The highest BCUT2D eigenvalue weighted by Gasteiger charge is 2.19. The van der Waals surface area contributed by atoms with E-state index in [-0.39, 0.29) is 5.91 Å². The number of hydrogen-bond donors (Lipinski definition) is 1. The van der Waals surface area contributed by atoms with Gasteiger partial charge in [0.2, 0.25) is 5.91 Å². The van der Waals surface area contributed by atoms with Crippen molar-refractivity contribution in [1.82, 2.24) is 14.8 Å². The lowest BCUT2D eigenvalue weighted by atomic mass is 10.2. The fourth-order valence-corrected chi connectivity index (χ4v) is 3.14. The van der Waals surface area contributed by atoms with E-state index in [0.29, 0.717) is 6.54 Å². The minimum atomic E-state index is 0.00908. The summed E-state index contributed by atoms with van der Waals surface area (Å²) in [7, 11) is 1.62. The van der Waals surface area contributed by atoms with Gasteiger partial charge in [-0.25, -0.2) is 0 Å². The lowest BCUT2D eigenvalue weighted by molar-refractivity contribution is -0.117. The number of anilines is 1. The third kappa shape index (κ3) is 5.03. The number of hydrogen-bond acceptors (Lipinski definition) is 5. The van der Waals surface area contributed by atoms with Gasteiger partial charge in [0, 0.05) is 56.4 Å². The molecule has 3 rings (SSSR count). The Hall–Kier alpha value is -2.44. The van der Waals surface area contributed by atoms with Crippen LogP contribution in [0.5, 0.6) is 5.75 Å². The van der Waals surface area contributed by atoms with Gasteiger partial charge in [0.05, 0.1) is 13.7 Å². The molecule has 0 spiro atoms. The molecule has 1 N–H and O–H groups in total. The number of nitrogens with zero attached hydrogens (tertiary/aromatic N) is 3. The Kier molecular flexibility index (Phi) is 6.20. The first-order chi connectivity index (χ1) is 12.6. The van der Waals surface area contributed by atoms with Crippen molar-refractivity contribution in [3.8, 4) is 5.75 Å². The molecule has 1 aromatic carbocycles. The largest absolute Gasteiger partial charge is 0.497 e. The van der Waals surface area contributed by atoms with Crippen LogP contribution in [0, 0.1) is 6.92 Å². The molecular weight excluding hydrogens is 328 g/mol. The second-order valence-electron chi connectivity index (χ2n) is 6.58. The summed E-state index contributed by atoms with van der Waals surface area (Å²) in [5.41, 5.74) is 3.13. The first-order valence-electron chi connectivity index (χ1n) is 8.93. The van der Waals surface area contributed by atoms with Crippen molar-refractivity contribution in [1.29, 1.82) is 0 Å². The highest BCUT2D eigenvalue weighted by Crippen LogP contribution is 2.17. The van der Waals surface area contributed by atoms with Crippen LogP contribution in [-0.2, 0) is 11.3 Å². The molecule has 26 heavy (non-hydrogen) atoms. The van der Waals surface area contributed by atoms with Gasteiger partial charge in [0.25, 0.3) is 0 Å². The topological polar surface area (TPSA) is 57.7 Å². The van der Waals surface area contributed by atoms with Crippen LogP contribution in [0.2, 0.25) is 0 Å². The van der Waals surface area contributed by atoms with Crippen LogP contribution in [0.1, 0.15) is 11.3 Å². The summed E-state index contributed by atoms with van der Waals surface area (Å²) in [5, 5.41) is 2.94. The van der Waals surface area contributed by atoms with E-state index >= 15 is 0 Å². The molecule has 1 fully saturated rings. The van der Waals surface area contributed by atoms with Gasteiger partial charge in [-0.15, -0.1) is 0 Å². The summed E-state index contributed by atoms with van der Waals surface area (Å²) in [6, 6.07) is 11.5. The van der Waals surface area contributed by atoms with Crippen molar-refractivity contribution in [3.63, 3.8) is 0 Å². The van der Waals surface area contributed by atoms with Crippen LogP contribution in [0.25, 0.3) is 0 Å². The number of amides is 1. The second-order valence-corrected chi connectivity index (χ2v) is 6.58. The van der Waals surface area contributed by atoms with Crippen molar-refractivity contribution < 1.29 is 9.53 Å². The van der Waals surface area contributed by atoms with Gasteiger partial charge in [-0.3, -0.25) is 19.6 Å². The maximum atomic E-state index is 12.3. The lowest BCUT2D eigenvalue weighted by Crippen LogP contribution is -2.48. The maximum absolute atomic E-state index is 12.3. The van der Waals surface area contributed by atoms with Crippen molar-refractivity contribution in [2.24, 2.45) is 0 Å². The Balaban J connectivity index is 1.44. The molecule has 0 radical (unpaired) electrons. The molecule has 0 bridgehead atoms. The van der Waals surface area contributed by atoms with Gasteiger partial charge in [-0.05, 0) is 30.7 Å². The van der Waals surface area contributed by atoms with Crippen molar-refractivity contribution in [2.45, 2.75) is 13.5 Å². The predicted octanol–water partition coefficient (Wildman–Crippen LogP) is 2.15. The minimum Gasteiger partial charge on any atom is -0.497 e. The molecule has 0 aliphatic carbocycles. The van der Waals surface area contributed by atoms with Crippen LogP contribution in [0.15, 0.2) is 42.6 Å². The molecule has 6 nitrogen and oxygen atoms in total. The van der Waals surface area contributed by atoms with E-state index in [1.54, 1.807) is 7.11 Å². The SMILES string of the molecule is COc1cccc(NC(=O)CN2CCN(Cc3cccnc3C)CC2)c1. The van der Waals surface area contributed by atoms with E-state index < -0.39 is 0 Å². The number of benzene rings is 1. The minimum absolute atomic E-state index is 0.00908. The van der Waals surface area contributed by atoms with Gasteiger partial charge in [-0.2, -0.15) is 0 Å². The van der Waals surface area contributed by atoms with E-state index in [4.69, 9.17) is 4.74 Å². The number of carbonyl (C=O) groups excluding carboxylic acids is 1. The zero-order valence-electron chi connectivity index (χ0n) is 15.4. The molecule has 2 heterocycles. The summed E-state index contributed by atoms with van der Waals surface area (Å²) in [4.78, 5) is 21.2. The number of piperazine rings is 1. The predicted molar refractivity (Wildman–Crippen MR) is 102 cm³/mol. The quantitative estimate of drug-likeness (QED) is 0.861. The third-order valence-electron chi connectivity index (χ3n) is 4.70. The van der Waals surface area contributed by atoms with Crippen LogP contribution in [0.3, 0.4) is 0 Å². The van der Waals surface area contributed by atoms with E-state index in [9.17, 15) is 4.79 Å². The zero-order chi connectivity index (χ0) is 18.4. The second kappa shape index (κ2) is 8.78. The Morgan fingerprint density at radius 1 is 1.15 bits per heavy atom. The lowest BCUT2D eigenvalue weighted by Gasteiger charge is -2.34. The summed E-state index contributed by atoms with van der Waals surface area (Å²) in [5.74, 6) is 0.747. The van der Waals surface area contributed by atoms with Gasteiger partial charge in [-0.1, -0.05) is 12.1 Å². The smallest absolute Gasteiger partial charge is 0.238 e. The Morgan fingerprint density at radius 2 is 1.92 bits per heavy atom. The number of ether oxygens (including phenoxy) is 1. The maximum Gasteiger partial charge on any atom is 0.238 e. The van der Waals surface area contributed by atoms with E-state index in [1.165, 1.54) is 5.56 Å². The number of aromatic nitrogens is 1. The van der Waals surface area contributed by atoms with E-state index in [2.05, 4.69) is 33.1 Å². The molecule has 0 saturated carbocycles. The molecule has 1 aliphatic heterocycles. The monoisotopic (exact) mass is 354 g/mol. The highest BCUT2D eigenvalue weighted by atomic mass is 16.5. The van der Waals surface area contributed by atoms with Crippen molar-refractivity contribution >= 4 is 11.6 Å². The Morgan fingerprint density at radius 3 is 2.65 bits per heavy atom. The van der Waals surface area contributed by atoms with E-state index in [0.717, 1.165) is 49.9 Å². The van der Waals surface area contributed by atoms with Gasteiger partial charge in [0.15, 0.2) is 0 Å². The van der Waals surface area contributed by atoms with Gasteiger partial charge in [0.1, 0.15) is 5.75 Å². The number of methoxy groups -OCH3 is 1. The van der Waals surface area contributed by atoms with Gasteiger partial charge >= 0.3 is 0 Å². The van der Waals surface area contributed by atoms with Crippen LogP contribution >= 0.6 is 0 Å². The number of aryl methyl sites for hydroxylation is 1. The fourth-order valence-electron chi connectivity index (χ4n) is 3.14. The zero-order valence-corrected chi connectivity index (χ0v) is 15.4. The molecule has 0 atom stereocenters. The third-order valence-corrected chi connectivity index (χ3v) is 4.70. The van der Waals surface area contributed by atoms with Gasteiger partial charge < -0.3 is 10.1 Å². The highest BCUT2D eigenvalue weighted by molar-refractivity contribution is 5.92. The molecular formula is C20H26N4O2. The normalized spacial score (nSPS) is 15.6. The summed E-state index contributed by atoms with van der Waals surface area (Å²) >= 11 is 0. The molecule has 1 aliphatic rings. The molecule has 2 aromatic rings. The number of carbonyl (C=O) groups is 1. The summed E-state index contributed by atoms with van der Waals surface area (Å²) in [6.07, 6.45) is 1.83. The molecule has 1 saturated heterocycles. The number of pyridine rings is 1. The fraction of sp³-hybridized carbons (Fsp3) is 0.400. The number of rotatable bonds is 6. The molecule has 138 valence electrons. The van der Waals surface area contributed by atoms with Crippen LogP contribution in [0.4, 0.5) is 5.69 Å². The average molecular weight is 354 g/mol. The van der Waals surface area contributed by atoms with Crippen LogP contribution < -0.4 is 10.1 Å². The van der Waals surface area contributed by atoms with Crippen molar-refractivity contribution in [3.05, 3.63) is 53.9 Å². The standard InChI is InChI=1S/C20H26N4O2/c1-16-17(5-4-8-21-16)14-23-9-11-24(12-10-23)15-20(25)22-18-6-3-7-19(13-18)26-2/h3-8,13H,9-12,14-15H2,1-2H3,(H,22,25). The summed E-state index contributed by atoms with van der Waals surface area (Å²) in [6.45, 7) is 7.09. The van der Waals surface area contributed by atoms with Crippen LogP contribution in [-0.4, -0.2) is 60.5 Å². The summed E-state index contributed by atoms with van der Waals surface area (Å²) < 4.78 is 5.18. The number of nitrogens with one attached hydrogen (secondary N) is 1. The first-order valence-corrected chi connectivity index (χ1v) is 8.93. The molecule has 0 unspecified atom stereocenters. The molecule has 6 heteroatoms. The van der Waals surface area contributed by atoms with E-state index in [1.807, 2.05) is 36.5 Å². The molecule has 1 amide bonds. The average Bonchev–Trinajstić information content (AvgIpc) is 2.65. The molecule has 1 aromatic heterocycles. The first kappa shape index (κ1) is 18.4. The Bertz CT molecular complexity index is 742. The Labute approximate surface area is 154 Å².